The van der Waals surface area contributed by atoms with Crippen LogP contribution in [0.4, 0.5) is 0 Å². The van der Waals surface area contributed by atoms with Gasteiger partial charge >= 0.3 is 0 Å². The Kier molecular flexibility index (Phi) is 2.19. The van der Waals surface area contributed by atoms with E-state index in [2.05, 4.69) is 4.98 Å². The first-order valence-electron chi connectivity index (χ1n) is 3.95. The highest BCUT2D eigenvalue weighted by atomic mass is 32.1. The molecule has 2 heterocycles. The minimum Gasteiger partial charge on any atom is -0.378 e. The van der Waals surface area contributed by atoms with E-state index in [0.29, 0.717) is 6.10 Å². The van der Waals surface area contributed by atoms with Crippen molar-refractivity contribution < 1.29 is 4.74 Å². The Balaban J connectivity index is 1.90. The molecule has 1 aromatic heterocycles. The summed E-state index contributed by atoms with van der Waals surface area (Å²) >= 11 is 1.72. The summed E-state index contributed by atoms with van der Waals surface area (Å²) in [6.07, 6.45) is 5.74. The highest BCUT2D eigenvalue weighted by Crippen LogP contribution is 2.17. The molecule has 0 radical (unpaired) electrons. The molecule has 2 nitrogen and oxygen atoms in total. The fraction of sp³-hybridized carbons (Fsp3) is 0.625. The van der Waals surface area contributed by atoms with Crippen molar-refractivity contribution in [3.05, 3.63) is 16.6 Å². The average Bonchev–Trinajstić information content (AvgIpc) is 2.60. The van der Waals surface area contributed by atoms with Crippen molar-refractivity contribution in [2.75, 3.05) is 6.61 Å². The Morgan fingerprint density at radius 1 is 1.73 bits per heavy atom. The van der Waals surface area contributed by atoms with Crippen LogP contribution in [0, 0.1) is 0 Å². The van der Waals surface area contributed by atoms with E-state index in [1.54, 1.807) is 11.3 Å². The highest BCUT2D eigenvalue weighted by molar-refractivity contribution is 7.09. The van der Waals surface area contributed by atoms with Crippen LogP contribution in [-0.4, -0.2) is 17.7 Å². The zero-order chi connectivity index (χ0) is 7.52. The van der Waals surface area contributed by atoms with Gasteiger partial charge in [0.05, 0.1) is 11.1 Å². The van der Waals surface area contributed by atoms with E-state index in [1.165, 1.54) is 17.8 Å². The Labute approximate surface area is 70.2 Å². The second-order valence-electron chi connectivity index (χ2n) is 2.76. The lowest BCUT2D eigenvalue weighted by molar-refractivity contribution is 0.111. The normalized spacial score (nSPS) is 24.2. The molecule has 1 saturated heterocycles. The molecule has 2 rings (SSSR count). The zero-order valence-electron chi connectivity index (χ0n) is 6.32. The van der Waals surface area contributed by atoms with Crippen LogP contribution < -0.4 is 0 Å². The van der Waals surface area contributed by atoms with Gasteiger partial charge in [0.25, 0.3) is 0 Å². The van der Waals surface area contributed by atoms with Gasteiger partial charge in [0, 0.05) is 24.6 Å². The molecular weight excluding hydrogens is 158 g/mol. The molecule has 1 atom stereocenters. The number of ether oxygens (including phenoxy) is 1. The Morgan fingerprint density at radius 3 is 3.36 bits per heavy atom. The van der Waals surface area contributed by atoms with Crippen LogP contribution in [0.5, 0.6) is 0 Å². The molecule has 1 aliphatic rings. The van der Waals surface area contributed by atoms with E-state index in [-0.39, 0.29) is 0 Å². The molecule has 3 heteroatoms. The van der Waals surface area contributed by atoms with E-state index in [4.69, 9.17) is 4.74 Å². The van der Waals surface area contributed by atoms with Gasteiger partial charge in [-0.2, -0.15) is 0 Å². The van der Waals surface area contributed by atoms with Crippen LogP contribution in [0.15, 0.2) is 11.6 Å². The molecule has 0 amide bonds. The predicted octanol–water partition coefficient (Wildman–Crippen LogP) is 1.86. The number of rotatable bonds is 2. The summed E-state index contributed by atoms with van der Waals surface area (Å²) < 4.78 is 5.49. The van der Waals surface area contributed by atoms with Gasteiger partial charge in [-0.15, -0.1) is 11.3 Å². The minimum atomic E-state index is 0.446. The first-order chi connectivity index (χ1) is 5.45. The molecule has 1 aliphatic heterocycles. The molecule has 1 fully saturated rings. The first kappa shape index (κ1) is 7.25. The maximum Gasteiger partial charge on any atom is 0.0950 e. The molecule has 0 bridgehead atoms. The van der Waals surface area contributed by atoms with Crippen LogP contribution in [0.2, 0.25) is 0 Å². The lowest BCUT2D eigenvalue weighted by Crippen LogP contribution is -2.08. The smallest absolute Gasteiger partial charge is 0.0950 e. The van der Waals surface area contributed by atoms with Crippen molar-refractivity contribution in [1.29, 1.82) is 0 Å². The van der Waals surface area contributed by atoms with Crippen LogP contribution in [0.3, 0.4) is 0 Å². The maximum absolute atomic E-state index is 5.49. The average molecular weight is 169 g/mol. The summed E-state index contributed by atoms with van der Waals surface area (Å²) in [5.41, 5.74) is 0. The number of hydrogen-bond donors (Lipinski definition) is 0. The van der Waals surface area contributed by atoms with Gasteiger partial charge in [0.2, 0.25) is 0 Å². The second-order valence-corrected chi connectivity index (χ2v) is 3.74. The van der Waals surface area contributed by atoms with Gasteiger partial charge in [-0.1, -0.05) is 0 Å². The van der Waals surface area contributed by atoms with E-state index in [9.17, 15) is 0 Å². The molecule has 60 valence electrons. The quantitative estimate of drug-likeness (QED) is 0.674. The van der Waals surface area contributed by atoms with Gasteiger partial charge in [0.1, 0.15) is 0 Å². The molecule has 0 aliphatic carbocycles. The molecular formula is C8H11NOS. The molecule has 1 unspecified atom stereocenters. The standard InChI is InChI=1S/C8H11NOS/c1-2-7(10-4-1)6-8-9-3-5-11-8/h3,5,7H,1-2,4,6H2. The third kappa shape index (κ3) is 1.79. The molecule has 1 aromatic rings. The van der Waals surface area contributed by atoms with Gasteiger partial charge in [-0.25, -0.2) is 4.98 Å². The number of aromatic nitrogens is 1. The SMILES string of the molecule is c1csc(CC2CCCO2)n1. The van der Waals surface area contributed by atoms with E-state index in [1.807, 2.05) is 11.6 Å². The summed E-state index contributed by atoms with van der Waals surface area (Å²) in [7, 11) is 0. The van der Waals surface area contributed by atoms with Crippen molar-refractivity contribution in [3.8, 4) is 0 Å². The largest absolute Gasteiger partial charge is 0.378 e. The molecule has 0 N–H and O–H groups in total. The van der Waals surface area contributed by atoms with Gasteiger partial charge < -0.3 is 4.74 Å². The predicted molar refractivity (Wildman–Crippen MR) is 44.8 cm³/mol. The third-order valence-electron chi connectivity index (χ3n) is 1.91. The molecule has 0 spiro atoms. The molecule has 0 saturated carbocycles. The van der Waals surface area contributed by atoms with Crippen molar-refractivity contribution in [3.63, 3.8) is 0 Å². The van der Waals surface area contributed by atoms with Crippen LogP contribution in [-0.2, 0) is 11.2 Å². The van der Waals surface area contributed by atoms with Crippen LogP contribution >= 0.6 is 11.3 Å². The fourth-order valence-electron chi connectivity index (χ4n) is 1.35. The first-order valence-corrected chi connectivity index (χ1v) is 4.83. The summed E-state index contributed by atoms with van der Waals surface area (Å²) in [6, 6.07) is 0. The van der Waals surface area contributed by atoms with E-state index < -0.39 is 0 Å². The van der Waals surface area contributed by atoms with Gasteiger partial charge in [-0.05, 0) is 12.8 Å². The summed E-state index contributed by atoms with van der Waals surface area (Å²) in [5.74, 6) is 0. The van der Waals surface area contributed by atoms with Gasteiger partial charge in [-0.3, -0.25) is 0 Å². The fourth-order valence-corrected chi connectivity index (χ4v) is 2.04. The molecule has 11 heavy (non-hydrogen) atoms. The zero-order valence-corrected chi connectivity index (χ0v) is 7.14. The van der Waals surface area contributed by atoms with E-state index >= 15 is 0 Å². The van der Waals surface area contributed by atoms with Crippen LogP contribution in [0.1, 0.15) is 17.8 Å². The summed E-state index contributed by atoms with van der Waals surface area (Å²) in [4.78, 5) is 4.22. The maximum atomic E-state index is 5.49. The van der Waals surface area contributed by atoms with Crippen molar-refractivity contribution in [2.24, 2.45) is 0 Å². The highest BCUT2D eigenvalue weighted by Gasteiger charge is 2.16. The lowest BCUT2D eigenvalue weighted by atomic mass is 10.2. The van der Waals surface area contributed by atoms with Crippen molar-refractivity contribution in [2.45, 2.75) is 25.4 Å². The monoisotopic (exact) mass is 169 g/mol. The lowest BCUT2D eigenvalue weighted by Gasteiger charge is -2.04. The van der Waals surface area contributed by atoms with Crippen molar-refractivity contribution >= 4 is 11.3 Å². The minimum absolute atomic E-state index is 0.446. The third-order valence-corrected chi connectivity index (χ3v) is 2.71. The Morgan fingerprint density at radius 2 is 2.73 bits per heavy atom. The number of nitrogens with zero attached hydrogens (tertiary/aromatic N) is 1. The summed E-state index contributed by atoms with van der Waals surface area (Å²) in [6.45, 7) is 0.941. The Hall–Kier alpha value is -0.410. The van der Waals surface area contributed by atoms with Crippen molar-refractivity contribution in [1.82, 2.24) is 4.98 Å². The summed E-state index contributed by atoms with van der Waals surface area (Å²) in [5, 5.41) is 3.22. The second kappa shape index (κ2) is 3.32. The number of hydrogen-bond acceptors (Lipinski definition) is 3. The van der Waals surface area contributed by atoms with Crippen LogP contribution in [0.25, 0.3) is 0 Å². The topological polar surface area (TPSA) is 22.1 Å². The Bertz CT molecular complexity index is 204. The number of thiazole rings is 1. The van der Waals surface area contributed by atoms with Gasteiger partial charge in [0.15, 0.2) is 0 Å². The van der Waals surface area contributed by atoms with E-state index in [0.717, 1.165) is 13.0 Å². The molecule has 0 aromatic carbocycles.